The molecule has 1 N–H and O–H groups in total. The predicted molar refractivity (Wildman–Crippen MR) is 127 cm³/mol. The number of nitriles is 1. The monoisotopic (exact) mass is 465 g/mol. The number of hydrogen-bond acceptors (Lipinski definition) is 7. The molecule has 1 amide bonds. The fourth-order valence-electron chi connectivity index (χ4n) is 3.64. The first-order valence-electron chi connectivity index (χ1n) is 10.8. The second kappa shape index (κ2) is 11.4. The smallest absolute Gasteiger partial charge is 0.337 e. The quantitative estimate of drug-likeness (QED) is 0.551. The van der Waals surface area contributed by atoms with E-state index in [-0.39, 0.29) is 18.3 Å². The van der Waals surface area contributed by atoms with E-state index < -0.39 is 11.9 Å². The zero-order valence-corrected chi connectivity index (χ0v) is 19.8. The third kappa shape index (κ3) is 5.68. The Morgan fingerprint density at radius 2 is 1.91 bits per heavy atom. The molecule has 3 rings (SSSR count). The zero-order chi connectivity index (χ0) is 23.8. The van der Waals surface area contributed by atoms with Crippen molar-refractivity contribution in [2.24, 2.45) is 0 Å². The number of hydrogen-bond donors (Lipinski definition) is 1. The summed E-state index contributed by atoms with van der Waals surface area (Å²) in [6, 6.07) is 15.1. The largest absolute Gasteiger partial charge is 0.468 e. The van der Waals surface area contributed by atoms with Crippen molar-refractivity contribution in [2.75, 3.05) is 18.8 Å². The maximum absolute atomic E-state index is 13.1. The Hall–Kier alpha value is -3.44. The van der Waals surface area contributed by atoms with Gasteiger partial charge in [-0.2, -0.15) is 5.26 Å². The summed E-state index contributed by atoms with van der Waals surface area (Å²) in [4.78, 5) is 27.4. The molecule has 1 aromatic carbocycles. The number of nitrogens with zero attached hydrogens (tertiary/aromatic N) is 2. The summed E-state index contributed by atoms with van der Waals surface area (Å²) >= 11 is 1.25. The van der Waals surface area contributed by atoms with E-state index in [4.69, 9.17) is 9.15 Å². The van der Waals surface area contributed by atoms with Gasteiger partial charge in [0.2, 0.25) is 5.91 Å². The van der Waals surface area contributed by atoms with Crippen molar-refractivity contribution in [2.45, 2.75) is 33.3 Å². The molecule has 1 aliphatic heterocycles. The fourth-order valence-corrected chi connectivity index (χ4v) is 4.63. The number of thioether (sulfide) groups is 1. The van der Waals surface area contributed by atoms with E-state index in [1.54, 1.807) is 24.0 Å². The van der Waals surface area contributed by atoms with Crippen molar-refractivity contribution in [1.29, 1.82) is 5.26 Å². The third-order valence-corrected chi connectivity index (χ3v) is 6.37. The van der Waals surface area contributed by atoms with Crippen LogP contribution >= 0.6 is 11.8 Å². The van der Waals surface area contributed by atoms with Gasteiger partial charge in [0.25, 0.3) is 0 Å². The molecule has 1 atom stereocenters. The van der Waals surface area contributed by atoms with Crippen molar-refractivity contribution in [3.05, 3.63) is 81.9 Å². The first-order chi connectivity index (χ1) is 16.0. The lowest BCUT2D eigenvalue weighted by Crippen LogP contribution is -2.33. The van der Waals surface area contributed by atoms with Crippen LogP contribution in [0.2, 0.25) is 0 Å². The summed E-state index contributed by atoms with van der Waals surface area (Å²) in [5.41, 5.74) is 2.06. The molecule has 0 bridgehead atoms. The van der Waals surface area contributed by atoms with Crippen LogP contribution in [0.25, 0.3) is 0 Å². The van der Waals surface area contributed by atoms with Crippen LogP contribution in [0.5, 0.6) is 0 Å². The van der Waals surface area contributed by atoms with Gasteiger partial charge in [0.1, 0.15) is 12.4 Å². The average Bonchev–Trinajstić information content (AvgIpc) is 3.36. The topological polar surface area (TPSA) is 95.6 Å². The molecule has 0 saturated heterocycles. The molecule has 172 valence electrons. The zero-order valence-electron chi connectivity index (χ0n) is 19.0. The van der Waals surface area contributed by atoms with Crippen LogP contribution in [0.1, 0.15) is 38.0 Å². The summed E-state index contributed by atoms with van der Waals surface area (Å²) in [6.07, 6.45) is 1.51. The summed E-state index contributed by atoms with van der Waals surface area (Å²) < 4.78 is 11.2. The van der Waals surface area contributed by atoms with E-state index in [2.05, 4.69) is 11.4 Å². The number of rotatable bonds is 9. The molecule has 1 unspecified atom stereocenters. The molecule has 0 radical (unpaired) electrons. The highest BCUT2D eigenvalue weighted by molar-refractivity contribution is 8.03. The number of ether oxygens (including phenoxy) is 1. The van der Waals surface area contributed by atoms with E-state index in [0.717, 1.165) is 5.56 Å². The molecule has 0 fully saturated rings. The van der Waals surface area contributed by atoms with Gasteiger partial charge in [0, 0.05) is 18.8 Å². The number of amides is 1. The molecule has 7 nitrogen and oxygen atoms in total. The molecule has 0 aliphatic carbocycles. The number of dihydropyridines is 1. The molecule has 1 aliphatic rings. The maximum Gasteiger partial charge on any atom is 0.337 e. The molecular formula is C25H27N3O4S. The van der Waals surface area contributed by atoms with E-state index >= 15 is 0 Å². The van der Waals surface area contributed by atoms with Crippen molar-refractivity contribution < 1.29 is 18.7 Å². The van der Waals surface area contributed by atoms with Crippen LogP contribution in [-0.2, 0) is 20.9 Å². The molecular weight excluding hydrogens is 438 g/mol. The van der Waals surface area contributed by atoms with Gasteiger partial charge in [-0.3, -0.25) is 4.79 Å². The first kappa shape index (κ1) is 24.2. The third-order valence-electron chi connectivity index (χ3n) is 5.36. The van der Waals surface area contributed by atoms with Gasteiger partial charge in [-0.25, -0.2) is 4.79 Å². The van der Waals surface area contributed by atoms with Gasteiger partial charge < -0.3 is 19.4 Å². The van der Waals surface area contributed by atoms with Crippen molar-refractivity contribution in [1.82, 2.24) is 10.2 Å². The highest BCUT2D eigenvalue weighted by Crippen LogP contribution is 2.41. The lowest BCUT2D eigenvalue weighted by Gasteiger charge is -2.28. The van der Waals surface area contributed by atoms with Crippen LogP contribution in [0.3, 0.4) is 0 Å². The lowest BCUT2D eigenvalue weighted by molar-refractivity contribution is -0.140. The van der Waals surface area contributed by atoms with Crippen LogP contribution in [0.4, 0.5) is 0 Å². The van der Waals surface area contributed by atoms with E-state index in [1.165, 1.54) is 18.0 Å². The highest BCUT2D eigenvalue weighted by Gasteiger charge is 2.37. The normalized spacial score (nSPS) is 15.6. The number of nitrogens with one attached hydrogen (secondary N) is 1. The number of carbonyl (C=O) groups excluding carboxylic acids is 2. The van der Waals surface area contributed by atoms with Crippen LogP contribution in [-0.4, -0.2) is 35.6 Å². The molecule has 0 spiro atoms. The Bertz CT molecular complexity index is 1080. The Morgan fingerprint density at radius 1 is 1.18 bits per heavy atom. The molecule has 8 heteroatoms. The minimum absolute atomic E-state index is 0.0131. The number of benzene rings is 1. The summed E-state index contributed by atoms with van der Waals surface area (Å²) in [5, 5.41) is 13.7. The summed E-state index contributed by atoms with van der Waals surface area (Å²) in [7, 11) is 0. The number of carbonyl (C=O) groups is 2. The van der Waals surface area contributed by atoms with Gasteiger partial charge in [-0.05, 0) is 38.5 Å². The van der Waals surface area contributed by atoms with Crippen molar-refractivity contribution in [3.8, 4) is 6.07 Å². The first-order valence-corrected chi connectivity index (χ1v) is 11.8. The van der Waals surface area contributed by atoms with Gasteiger partial charge in [0.15, 0.2) is 0 Å². The summed E-state index contributed by atoms with van der Waals surface area (Å²) in [6.45, 7) is 6.98. The van der Waals surface area contributed by atoms with Gasteiger partial charge in [-0.1, -0.05) is 42.1 Å². The van der Waals surface area contributed by atoms with Gasteiger partial charge in [0.05, 0.1) is 40.2 Å². The second-order valence-corrected chi connectivity index (χ2v) is 8.37. The number of esters is 1. The minimum Gasteiger partial charge on any atom is -0.468 e. The predicted octanol–water partition coefficient (Wildman–Crippen LogP) is 4.32. The van der Waals surface area contributed by atoms with Crippen LogP contribution in [0, 0.1) is 11.3 Å². The maximum atomic E-state index is 13.1. The minimum atomic E-state index is -0.722. The van der Waals surface area contributed by atoms with E-state index in [0.29, 0.717) is 40.7 Å². The van der Waals surface area contributed by atoms with Crippen molar-refractivity contribution >= 4 is 23.6 Å². The number of allylic oxidation sites excluding steroid dienone is 2. The molecule has 1 aromatic heterocycles. The molecule has 2 aromatic rings. The van der Waals surface area contributed by atoms with Gasteiger partial charge in [-0.15, -0.1) is 0 Å². The Morgan fingerprint density at radius 3 is 2.52 bits per heavy atom. The van der Waals surface area contributed by atoms with E-state index in [9.17, 15) is 14.9 Å². The number of furan rings is 1. The van der Waals surface area contributed by atoms with Crippen molar-refractivity contribution in [3.63, 3.8) is 0 Å². The molecule has 33 heavy (non-hydrogen) atoms. The second-order valence-electron chi connectivity index (χ2n) is 7.38. The Balaban J connectivity index is 1.87. The van der Waals surface area contributed by atoms with Gasteiger partial charge >= 0.3 is 5.97 Å². The molecule has 2 heterocycles. The van der Waals surface area contributed by atoms with Crippen LogP contribution in [0.15, 0.2) is 75.0 Å². The highest BCUT2D eigenvalue weighted by atomic mass is 32.2. The molecule has 0 saturated carbocycles. The van der Waals surface area contributed by atoms with E-state index in [1.807, 2.05) is 44.2 Å². The fraction of sp³-hybridized carbons (Fsp3) is 0.320. The standard InChI is InChI=1S/C25H27N3O4S/c1-4-28(5-2)21(29)16-33-24-19(14-26)23(20-12-9-13-31-20)22(17(3)27-24)25(30)32-15-18-10-7-6-8-11-18/h6-13,23,27H,4-5,15-16H2,1-3H3. The Labute approximate surface area is 198 Å². The summed E-state index contributed by atoms with van der Waals surface area (Å²) in [5.74, 6) is -0.615. The SMILES string of the molecule is CCN(CC)C(=O)CSC1=C(C#N)C(c2ccco2)C(C(=O)OCc2ccccc2)=C(C)N1. The average molecular weight is 466 g/mol. The van der Waals surface area contributed by atoms with Crippen LogP contribution < -0.4 is 5.32 Å². The lowest BCUT2D eigenvalue weighted by atomic mass is 9.86. The Kier molecular flexibility index (Phi) is 8.39.